The molecule has 0 bridgehead atoms. The lowest BCUT2D eigenvalue weighted by Crippen LogP contribution is -2.14. The number of hydrogen-bond donors (Lipinski definition) is 0. The van der Waals surface area contributed by atoms with Gasteiger partial charge in [0.05, 0.1) is 0 Å². The molecule has 0 aliphatic heterocycles. The zero-order valence-electron chi connectivity index (χ0n) is 22.3. The Bertz CT molecular complexity index is 2100. The molecule has 0 amide bonds. The first-order chi connectivity index (χ1) is 18.4. The van der Waals surface area contributed by atoms with Crippen LogP contribution < -0.4 is 0 Å². The van der Waals surface area contributed by atoms with Crippen LogP contribution in [0.3, 0.4) is 0 Å². The Morgan fingerprint density at radius 3 is 1.97 bits per heavy atom. The Hall–Kier alpha value is -4.30. The van der Waals surface area contributed by atoms with Crippen molar-refractivity contribution in [1.29, 1.82) is 0 Å². The van der Waals surface area contributed by atoms with E-state index in [1.54, 1.807) is 0 Å². The third-order valence-corrected chi connectivity index (χ3v) is 9.17. The predicted molar refractivity (Wildman–Crippen MR) is 161 cm³/mol. The fraction of sp³-hybridized carbons (Fsp3) is 0.167. The largest absolute Gasteiger partial charge is 0.344 e. The maximum Gasteiger partial charge on any atom is 0.0495 e. The van der Waals surface area contributed by atoms with E-state index >= 15 is 0 Å². The van der Waals surface area contributed by atoms with E-state index in [0.29, 0.717) is 0 Å². The van der Waals surface area contributed by atoms with E-state index in [-0.39, 0.29) is 5.41 Å². The van der Waals surface area contributed by atoms with E-state index in [0.717, 1.165) is 6.42 Å². The lowest BCUT2D eigenvalue weighted by Gasteiger charge is -2.21. The van der Waals surface area contributed by atoms with Crippen molar-refractivity contribution in [1.82, 2.24) is 9.13 Å². The molecule has 1 aliphatic carbocycles. The second-order valence-electron chi connectivity index (χ2n) is 11.6. The monoisotopic (exact) mass is 490 g/mol. The normalized spacial score (nSPS) is 14.1. The molecule has 2 nitrogen and oxygen atoms in total. The van der Waals surface area contributed by atoms with E-state index in [1.165, 1.54) is 77.0 Å². The summed E-state index contributed by atoms with van der Waals surface area (Å²) in [5.74, 6) is 0. The highest BCUT2D eigenvalue weighted by Gasteiger charge is 2.37. The molecule has 0 saturated heterocycles. The minimum Gasteiger partial charge on any atom is -0.344 e. The Balaban J connectivity index is 1.32. The Morgan fingerprint density at radius 2 is 1.16 bits per heavy atom. The van der Waals surface area contributed by atoms with Crippen LogP contribution in [0.1, 0.15) is 36.1 Å². The first-order valence-electron chi connectivity index (χ1n) is 13.5. The summed E-state index contributed by atoms with van der Waals surface area (Å²) in [5.41, 5.74) is 13.6. The first kappa shape index (κ1) is 21.8. The fourth-order valence-corrected chi connectivity index (χ4v) is 7.21. The zero-order valence-corrected chi connectivity index (χ0v) is 22.3. The quantitative estimate of drug-likeness (QED) is 0.229. The number of aryl methyl sites for hydroxylation is 2. The summed E-state index contributed by atoms with van der Waals surface area (Å²) in [6.07, 6.45) is 0.919. The average molecular weight is 491 g/mol. The van der Waals surface area contributed by atoms with Crippen LogP contribution in [-0.4, -0.2) is 9.13 Å². The van der Waals surface area contributed by atoms with Crippen LogP contribution in [0.15, 0.2) is 97.1 Å². The van der Waals surface area contributed by atoms with E-state index < -0.39 is 0 Å². The van der Waals surface area contributed by atoms with Crippen molar-refractivity contribution in [2.75, 3.05) is 0 Å². The lowest BCUT2D eigenvalue weighted by atomic mass is 9.82. The minimum atomic E-state index is 0.00770. The van der Waals surface area contributed by atoms with Gasteiger partial charge in [0.1, 0.15) is 0 Å². The van der Waals surface area contributed by atoms with Gasteiger partial charge in [-0.2, -0.15) is 0 Å². The number of nitrogens with zero attached hydrogens (tertiary/aromatic N) is 2. The van der Waals surface area contributed by atoms with E-state index in [9.17, 15) is 0 Å². The summed E-state index contributed by atoms with van der Waals surface area (Å²) in [6.45, 7) is 4.73. The first-order valence-corrected chi connectivity index (χ1v) is 13.5. The van der Waals surface area contributed by atoms with Gasteiger partial charge in [-0.05, 0) is 76.2 Å². The summed E-state index contributed by atoms with van der Waals surface area (Å²) >= 11 is 0. The molecule has 0 N–H and O–H groups in total. The van der Waals surface area contributed by atoms with Gasteiger partial charge in [0.15, 0.2) is 0 Å². The summed E-state index contributed by atoms with van der Waals surface area (Å²) < 4.78 is 4.67. The van der Waals surface area contributed by atoms with Crippen LogP contribution in [0.5, 0.6) is 0 Å². The van der Waals surface area contributed by atoms with E-state index in [4.69, 9.17) is 0 Å². The third kappa shape index (κ3) is 2.73. The van der Waals surface area contributed by atoms with Crippen LogP contribution in [0, 0.1) is 0 Å². The number of rotatable bonds is 2. The summed E-state index contributed by atoms with van der Waals surface area (Å²) in [7, 11) is 4.37. The van der Waals surface area contributed by atoms with Gasteiger partial charge in [0.2, 0.25) is 0 Å². The van der Waals surface area contributed by atoms with E-state index in [1.807, 2.05) is 0 Å². The Labute approximate surface area is 222 Å². The molecular weight excluding hydrogens is 460 g/mol. The Morgan fingerprint density at radius 1 is 0.553 bits per heavy atom. The number of aromatic nitrogens is 2. The molecule has 2 heteroatoms. The van der Waals surface area contributed by atoms with Gasteiger partial charge in [-0.25, -0.2) is 0 Å². The van der Waals surface area contributed by atoms with Crippen molar-refractivity contribution in [3.63, 3.8) is 0 Å². The maximum absolute atomic E-state index is 2.44. The number of hydrogen-bond acceptors (Lipinski definition) is 0. The Kier molecular flexibility index (Phi) is 4.23. The molecule has 2 aromatic heterocycles. The van der Waals surface area contributed by atoms with Crippen molar-refractivity contribution in [3.8, 4) is 11.1 Å². The van der Waals surface area contributed by atoms with Crippen molar-refractivity contribution >= 4 is 43.6 Å². The summed E-state index contributed by atoms with van der Waals surface area (Å²) in [5, 5.41) is 5.41. The number of benzene rings is 5. The highest BCUT2D eigenvalue weighted by molar-refractivity contribution is 6.17. The van der Waals surface area contributed by atoms with Crippen molar-refractivity contribution in [2.45, 2.75) is 25.7 Å². The molecule has 0 radical (unpaired) electrons. The second kappa shape index (κ2) is 7.39. The highest BCUT2D eigenvalue weighted by Crippen LogP contribution is 2.52. The van der Waals surface area contributed by atoms with Gasteiger partial charge in [0.25, 0.3) is 0 Å². The summed E-state index contributed by atoms with van der Waals surface area (Å²) in [4.78, 5) is 0. The molecule has 0 atom stereocenters. The molecule has 0 spiro atoms. The topological polar surface area (TPSA) is 9.86 Å². The van der Waals surface area contributed by atoms with Gasteiger partial charge in [-0.1, -0.05) is 74.5 Å². The van der Waals surface area contributed by atoms with Crippen molar-refractivity contribution in [3.05, 3.63) is 119 Å². The smallest absolute Gasteiger partial charge is 0.0495 e. The second-order valence-corrected chi connectivity index (χ2v) is 11.6. The van der Waals surface area contributed by atoms with E-state index in [2.05, 4.69) is 134 Å². The molecule has 7 aromatic rings. The molecular formula is C36H30N2. The van der Waals surface area contributed by atoms with Crippen LogP contribution >= 0.6 is 0 Å². The van der Waals surface area contributed by atoms with Crippen LogP contribution in [0.25, 0.3) is 54.7 Å². The van der Waals surface area contributed by atoms with Gasteiger partial charge in [-0.3, -0.25) is 0 Å². The highest BCUT2D eigenvalue weighted by atomic mass is 14.9. The molecule has 0 saturated carbocycles. The van der Waals surface area contributed by atoms with Gasteiger partial charge < -0.3 is 9.13 Å². The molecule has 5 aromatic carbocycles. The average Bonchev–Trinajstić information content (AvgIpc) is 3.48. The molecule has 38 heavy (non-hydrogen) atoms. The molecule has 0 unspecified atom stereocenters. The predicted octanol–water partition coefficient (Wildman–Crippen LogP) is 8.87. The number of para-hydroxylation sites is 1. The van der Waals surface area contributed by atoms with Gasteiger partial charge in [0, 0.05) is 63.1 Å². The zero-order chi connectivity index (χ0) is 25.8. The van der Waals surface area contributed by atoms with Gasteiger partial charge in [-0.15, -0.1) is 0 Å². The molecule has 8 rings (SSSR count). The lowest BCUT2D eigenvalue weighted by molar-refractivity contribution is 0.661. The molecule has 2 heterocycles. The van der Waals surface area contributed by atoms with Crippen LogP contribution in [0.2, 0.25) is 0 Å². The van der Waals surface area contributed by atoms with Crippen molar-refractivity contribution in [2.24, 2.45) is 14.1 Å². The molecule has 0 fully saturated rings. The van der Waals surface area contributed by atoms with Gasteiger partial charge >= 0.3 is 0 Å². The fourth-order valence-electron chi connectivity index (χ4n) is 7.21. The number of fused-ring (bicyclic) bond motifs is 10. The standard InChI is InChI=1S/C36H30N2/c1-36(2)28-11-7-5-10-25(28)34-29(36)15-18-33-35(34)27-21-23(14-17-32(27)38(33)4)19-22-13-16-31-26(20-22)24-9-6-8-12-30(24)37(31)3/h5-18,20-21H,19H2,1-4H3. The third-order valence-electron chi connectivity index (χ3n) is 9.17. The maximum atomic E-state index is 2.44. The van der Waals surface area contributed by atoms with Crippen molar-refractivity contribution < 1.29 is 0 Å². The van der Waals surface area contributed by atoms with Crippen LogP contribution in [0.4, 0.5) is 0 Å². The molecule has 184 valence electrons. The SMILES string of the molecule is Cn1c2ccccc2c2cc(Cc3ccc4c(c3)c3c5c(ccc3n4C)C(C)(C)c3ccccc3-5)ccc21. The van der Waals surface area contributed by atoms with Crippen LogP contribution in [-0.2, 0) is 25.9 Å². The summed E-state index contributed by atoms with van der Waals surface area (Å²) in [6, 6.07) is 36.4. The molecule has 1 aliphatic rings. The minimum absolute atomic E-state index is 0.00770.